The summed E-state index contributed by atoms with van der Waals surface area (Å²) in [6.45, 7) is -0.0465. The van der Waals surface area contributed by atoms with E-state index in [1.54, 1.807) is 7.11 Å². The molecule has 0 spiro atoms. The lowest BCUT2D eigenvalue weighted by Gasteiger charge is -2.15. The summed E-state index contributed by atoms with van der Waals surface area (Å²) in [5, 5.41) is 9.08. The van der Waals surface area contributed by atoms with Crippen LogP contribution >= 0.6 is 0 Å². The zero-order valence-corrected chi connectivity index (χ0v) is 8.99. The van der Waals surface area contributed by atoms with Crippen LogP contribution in [0, 0.1) is 0 Å². The Balaban J connectivity index is 2.44. The molecule has 3 N–H and O–H groups in total. The minimum Gasteiger partial charge on any atom is -0.496 e. The van der Waals surface area contributed by atoms with Crippen molar-refractivity contribution >= 4 is 0 Å². The second-order valence-corrected chi connectivity index (χ2v) is 4.01. The van der Waals surface area contributed by atoms with Crippen molar-refractivity contribution in [3.63, 3.8) is 0 Å². The Morgan fingerprint density at radius 1 is 1.40 bits per heavy atom. The summed E-state index contributed by atoms with van der Waals surface area (Å²) in [5.74, 6) is 0.803. The highest BCUT2D eigenvalue weighted by Gasteiger charge is 2.18. The molecule has 15 heavy (non-hydrogen) atoms. The topological polar surface area (TPSA) is 55.5 Å². The summed E-state index contributed by atoms with van der Waals surface area (Å²) < 4.78 is 5.30. The third-order valence-electron chi connectivity index (χ3n) is 3.04. The molecule has 3 nitrogen and oxygen atoms in total. The van der Waals surface area contributed by atoms with Gasteiger partial charge in [0.15, 0.2) is 0 Å². The van der Waals surface area contributed by atoms with E-state index < -0.39 is 0 Å². The largest absolute Gasteiger partial charge is 0.496 e. The molecule has 0 amide bonds. The number of aliphatic hydroxyl groups is 1. The van der Waals surface area contributed by atoms with Crippen molar-refractivity contribution in [1.29, 1.82) is 0 Å². The van der Waals surface area contributed by atoms with Crippen LogP contribution < -0.4 is 10.5 Å². The number of fused-ring (bicyclic) bond motifs is 1. The van der Waals surface area contributed by atoms with Crippen molar-refractivity contribution in [2.24, 2.45) is 5.73 Å². The molecule has 2 rings (SSSR count). The van der Waals surface area contributed by atoms with Crippen molar-refractivity contribution in [3.8, 4) is 5.75 Å². The second kappa shape index (κ2) is 4.21. The fourth-order valence-electron chi connectivity index (χ4n) is 2.19. The van der Waals surface area contributed by atoms with Gasteiger partial charge in [-0.2, -0.15) is 0 Å². The number of ether oxygens (including phenoxy) is 1. The first kappa shape index (κ1) is 10.5. The van der Waals surface area contributed by atoms with E-state index in [2.05, 4.69) is 12.1 Å². The highest BCUT2D eigenvalue weighted by atomic mass is 16.5. The zero-order chi connectivity index (χ0) is 10.8. The van der Waals surface area contributed by atoms with E-state index in [9.17, 15) is 0 Å². The molecule has 1 aliphatic carbocycles. The Labute approximate surface area is 89.9 Å². The molecule has 0 fully saturated rings. The quantitative estimate of drug-likeness (QED) is 0.782. The number of methoxy groups -OCH3 is 1. The fraction of sp³-hybridized carbons (Fsp3) is 0.500. The Morgan fingerprint density at radius 3 is 2.67 bits per heavy atom. The monoisotopic (exact) mass is 207 g/mol. The van der Waals surface area contributed by atoms with Gasteiger partial charge in [0.05, 0.1) is 19.8 Å². The van der Waals surface area contributed by atoms with Crippen LogP contribution in [0.2, 0.25) is 0 Å². The van der Waals surface area contributed by atoms with Gasteiger partial charge in [-0.15, -0.1) is 0 Å². The summed E-state index contributed by atoms with van der Waals surface area (Å²) in [6.07, 6.45) is 3.45. The predicted octanol–water partition coefficient (Wildman–Crippen LogP) is 1.18. The SMILES string of the molecule is COc1cc2c(cc1[C@@H](N)CO)CCC2. The number of benzene rings is 1. The van der Waals surface area contributed by atoms with Crippen LogP contribution in [0.4, 0.5) is 0 Å². The fourth-order valence-corrected chi connectivity index (χ4v) is 2.19. The van der Waals surface area contributed by atoms with Gasteiger partial charge in [-0.25, -0.2) is 0 Å². The van der Waals surface area contributed by atoms with E-state index in [0.717, 1.165) is 24.2 Å². The normalized spacial score (nSPS) is 16.2. The van der Waals surface area contributed by atoms with E-state index in [-0.39, 0.29) is 12.6 Å². The molecule has 0 bridgehead atoms. The summed E-state index contributed by atoms with van der Waals surface area (Å²) in [7, 11) is 1.64. The molecule has 1 aromatic rings. The molecule has 0 aromatic heterocycles. The van der Waals surface area contributed by atoms with Gasteiger partial charge in [0.25, 0.3) is 0 Å². The molecule has 1 atom stereocenters. The van der Waals surface area contributed by atoms with Gasteiger partial charge < -0.3 is 15.6 Å². The van der Waals surface area contributed by atoms with Crippen molar-refractivity contribution in [2.45, 2.75) is 25.3 Å². The molecule has 0 unspecified atom stereocenters. The van der Waals surface area contributed by atoms with Gasteiger partial charge in [0, 0.05) is 5.56 Å². The minimum atomic E-state index is -0.342. The van der Waals surface area contributed by atoms with Crippen LogP contribution in [-0.2, 0) is 12.8 Å². The zero-order valence-electron chi connectivity index (χ0n) is 8.99. The van der Waals surface area contributed by atoms with Crippen LogP contribution in [0.25, 0.3) is 0 Å². The van der Waals surface area contributed by atoms with E-state index in [0.29, 0.717) is 0 Å². The van der Waals surface area contributed by atoms with Crippen LogP contribution in [0.3, 0.4) is 0 Å². The maximum absolute atomic E-state index is 9.08. The lowest BCUT2D eigenvalue weighted by molar-refractivity contribution is 0.264. The molecule has 1 aromatic carbocycles. The maximum atomic E-state index is 9.08. The smallest absolute Gasteiger partial charge is 0.124 e. The average Bonchev–Trinajstić information content (AvgIpc) is 2.73. The number of aliphatic hydroxyl groups excluding tert-OH is 1. The van der Waals surface area contributed by atoms with Crippen LogP contribution in [0.1, 0.15) is 29.2 Å². The van der Waals surface area contributed by atoms with Gasteiger partial charge in [-0.05, 0) is 36.5 Å². The second-order valence-electron chi connectivity index (χ2n) is 4.01. The first-order valence-electron chi connectivity index (χ1n) is 5.32. The number of nitrogens with two attached hydrogens (primary N) is 1. The van der Waals surface area contributed by atoms with Gasteiger partial charge in [-0.3, -0.25) is 0 Å². The van der Waals surface area contributed by atoms with E-state index in [4.69, 9.17) is 15.6 Å². The van der Waals surface area contributed by atoms with E-state index in [1.807, 2.05) is 0 Å². The molecule has 0 heterocycles. The Morgan fingerprint density at radius 2 is 2.07 bits per heavy atom. The van der Waals surface area contributed by atoms with Gasteiger partial charge >= 0.3 is 0 Å². The van der Waals surface area contributed by atoms with Crippen LogP contribution in [0.5, 0.6) is 5.75 Å². The molecule has 0 saturated carbocycles. The van der Waals surface area contributed by atoms with Crippen molar-refractivity contribution < 1.29 is 9.84 Å². The van der Waals surface area contributed by atoms with Gasteiger partial charge in [0.2, 0.25) is 0 Å². The molecule has 82 valence electrons. The standard InChI is InChI=1S/C12H17NO2/c1-15-12-6-9-4-2-3-8(9)5-10(12)11(13)7-14/h5-6,11,14H,2-4,7,13H2,1H3/t11-/m0/s1. The molecule has 0 radical (unpaired) electrons. The van der Waals surface area contributed by atoms with Crippen LogP contribution in [0.15, 0.2) is 12.1 Å². The summed E-state index contributed by atoms with van der Waals surface area (Å²) in [5.41, 5.74) is 9.47. The first-order valence-corrected chi connectivity index (χ1v) is 5.32. The highest BCUT2D eigenvalue weighted by molar-refractivity contribution is 5.46. The molecule has 0 aliphatic heterocycles. The lowest BCUT2D eigenvalue weighted by atomic mass is 10.0. The molecule has 0 saturated heterocycles. The Bertz CT molecular complexity index is 363. The van der Waals surface area contributed by atoms with E-state index >= 15 is 0 Å². The average molecular weight is 207 g/mol. The third-order valence-corrected chi connectivity index (χ3v) is 3.04. The predicted molar refractivity (Wildman–Crippen MR) is 59.0 cm³/mol. The number of aryl methyl sites for hydroxylation is 2. The minimum absolute atomic E-state index is 0.0465. The maximum Gasteiger partial charge on any atom is 0.124 e. The molecular formula is C12H17NO2. The van der Waals surface area contributed by atoms with Crippen molar-refractivity contribution in [3.05, 3.63) is 28.8 Å². The highest BCUT2D eigenvalue weighted by Crippen LogP contribution is 2.32. The summed E-state index contributed by atoms with van der Waals surface area (Å²) in [4.78, 5) is 0. The first-order chi connectivity index (χ1) is 7.26. The summed E-state index contributed by atoms with van der Waals surface area (Å²) >= 11 is 0. The van der Waals surface area contributed by atoms with Crippen molar-refractivity contribution in [2.75, 3.05) is 13.7 Å². The Kier molecular flexibility index (Phi) is 2.93. The number of hydrogen-bond acceptors (Lipinski definition) is 3. The van der Waals surface area contributed by atoms with Gasteiger partial charge in [-0.1, -0.05) is 6.07 Å². The van der Waals surface area contributed by atoms with E-state index in [1.165, 1.54) is 17.5 Å². The lowest BCUT2D eigenvalue weighted by Crippen LogP contribution is -2.16. The van der Waals surface area contributed by atoms with Crippen molar-refractivity contribution in [1.82, 2.24) is 0 Å². The molecule has 1 aliphatic rings. The molecular weight excluding hydrogens is 190 g/mol. The van der Waals surface area contributed by atoms with Crippen LogP contribution in [-0.4, -0.2) is 18.8 Å². The number of rotatable bonds is 3. The third kappa shape index (κ3) is 1.85. The number of hydrogen-bond donors (Lipinski definition) is 2. The van der Waals surface area contributed by atoms with Gasteiger partial charge in [0.1, 0.15) is 5.75 Å². The Hall–Kier alpha value is -1.06. The summed E-state index contributed by atoms with van der Waals surface area (Å²) in [6, 6.07) is 3.81. The molecule has 3 heteroatoms.